The average molecular weight is 163 g/mol. The van der Waals surface area contributed by atoms with E-state index in [2.05, 4.69) is 11.9 Å². The van der Waals surface area contributed by atoms with Gasteiger partial charge in [-0.15, -0.1) is 6.58 Å². The third kappa shape index (κ3) is 2.40. The first-order valence-electron chi connectivity index (χ1n) is 3.92. The van der Waals surface area contributed by atoms with Crippen LogP contribution in [0, 0.1) is 0 Å². The summed E-state index contributed by atoms with van der Waals surface area (Å²) < 4.78 is 0. The first kappa shape index (κ1) is 8.81. The topological polar surface area (TPSA) is 32.3 Å². The highest BCUT2D eigenvalue weighted by Gasteiger charge is 1.99. The van der Waals surface area contributed by atoms with Crippen LogP contribution in [0.3, 0.4) is 0 Å². The van der Waals surface area contributed by atoms with Gasteiger partial charge in [-0.2, -0.15) is 0 Å². The standard InChI is InChI=1S/C10H13NO/c1-2-9(8-12)11-10-6-4-3-5-7-10/h2-7,9,11-12H,1,8H2/t9-/m0/s1. The summed E-state index contributed by atoms with van der Waals surface area (Å²) in [6, 6.07) is 9.68. The summed E-state index contributed by atoms with van der Waals surface area (Å²) in [5.74, 6) is 0. The Hall–Kier alpha value is -1.28. The van der Waals surface area contributed by atoms with E-state index in [-0.39, 0.29) is 12.6 Å². The molecule has 0 fully saturated rings. The second-order valence-corrected chi connectivity index (χ2v) is 2.54. The van der Waals surface area contributed by atoms with Crippen molar-refractivity contribution in [1.29, 1.82) is 0 Å². The summed E-state index contributed by atoms with van der Waals surface area (Å²) in [5.41, 5.74) is 0.997. The maximum absolute atomic E-state index is 8.85. The molecule has 0 saturated heterocycles. The van der Waals surface area contributed by atoms with Gasteiger partial charge in [0.25, 0.3) is 0 Å². The van der Waals surface area contributed by atoms with Gasteiger partial charge in [-0.05, 0) is 12.1 Å². The lowest BCUT2D eigenvalue weighted by Crippen LogP contribution is -2.20. The normalized spacial score (nSPS) is 12.1. The number of para-hydroxylation sites is 1. The summed E-state index contributed by atoms with van der Waals surface area (Å²) in [7, 11) is 0. The van der Waals surface area contributed by atoms with E-state index in [1.165, 1.54) is 0 Å². The molecule has 2 N–H and O–H groups in total. The molecule has 0 radical (unpaired) electrons. The molecule has 1 aromatic rings. The number of nitrogens with one attached hydrogen (secondary N) is 1. The fourth-order valence-corrected chi connectivity index (χ4v) is 0.928. The Morgan fingerprint density at radius 2 is 2.08 bits per heavy atom. The molecule has 64 valence electrons. The molecule has 0 aliphatic rings. The van der Waals surface area contributed by atoms with Crippen molar-refractivity contribution >= 4 is 5.69 Å². The monoisotopic (exact) mass is 163 g/mol. The van der Waals surface area contributed by atoms with Crippen LogP contribution in [0.5, 0.6) is 0 Å². The van der Waals surface area contributed by atoms with Crippen molar-refractivity contribution in [3.8, 4) is 0 Å². The highest BCUT2D eigenvalue weighted by molar-refractivity contribution is 5.44. The van der Waals surface area contributed by atoms with E-state index < -0.39 is 0 Å². The molecule has 0 heterocycles. The molecule has 0 aromatic heterocycles. The third-order valence-corrected chi connectivity index (χ3v) is 1.61. The van der Waals surface area contributed by atoms with Gasteiger partial charge in [0.15, 0.2) is 0 Å². The second kappa shape index (κ2) is 4.57. The molecule has 0 saturated carbocycles. The van der Waals surface area contributed by atoms with Crippen LogP contribution in [0.25, 0.3) is 0 Å². The van der Waals surface area contributed by atoms with Crippen LogP contribution >= 0.6 is 0 Å². The van der Waals surface area contributed by atoms with Crippen molar-refractivity contribution in [3.05, 3.63) is 43.0 Å². The number of aliphatic hydroxyl groups is 1. The van der Waals surface area contributed by atoms with Crippen molar-refractivity contribution in [2.45, 2.75) is 6.04 Å². The highest BCUT2D eigenvalue weighted by atomic mass is 16.3. The van der Waals surface area contributed by atoms with Gasteiger partial charge in [0.2, 0.25) is 0 Å². The Labute approximate surface area is 72.5 Å². The lowest BCUT2D eigenvalue weighted by Gasteiger charge is -2.12. The minimum atomic E-state index is -0.0626. The molecule has 0 aliphatic carbocycles. The van der Waals surface area contributed by atoms with Gasteiger partial charge in [0.1, 0.15) is 0 Å². The molecule has 0 amide bonds. The minimum Gasteiger partial charge on any atom is -0.394 e. The SMILES string of the molecule is C=C[C@@H](CO)Nc1ccccc1. The first-order chi connectivity index (χ1) is 5.86. The average Bonchev–Trinajstić information content (AvgIpc) is 2.16. The van der Waals surface area contributed by atoms with Crippen LogP contribution in [-0.2, 0) is 0 Å². The van der Waals surface area contributed by atoms with E-state index in [1.807, 2.05) is 30.3 Å². The van der Waals surface area contributed by atoms with Gasteiger partial charge in [-0.1, -0.05) is 24.3 Å². The zero-order valence-corrected chi connectivity index (χ0v) is 6.90. The molecule has 2 nitrogen and oxygen atoms in total. The minimum absolute atomic E-state index is 0.0626. The first-order valence-corrected chi connectivity index (χ1v) is 3.92. The van der Waals surface area contributed by atoms with Crippen molar-refractivity contribution in [1.82, 2.24) is 0 Å². The highest BCUT2D eigenvalue weighted by Crippen LogP contribution is 2.06. The molecule has 1 rings (SSSR count). The van der Waals surface area contributed by atoms with E-state index in [4.69, 9.17) is 5.11 Å². The second-order valence-electron chi connectivity index (χ2n) is 2.54. The Morgan fingerprint density at radius 1 is 1.42 bits per heavy atom. The van der Waals surface area contributed by atoms with E-state index in [9.17, 15) is 0 Å². The molecule has 0 bridgehead atoms. The zero-order valence-electron chi connectivity index (χ0n) is 6.90. The van der Waals surface area contributed by atoms with Gasteiger partial charge >= 0.3 is 0 Å². The molecule has 2 heteroatoms. The fourth-order valence-electron chi connectivity index (χ4n) is 0.928. The van der Waals surface area contributed by atoms with Crippen LogP contribution in [0.2, 0.25) is 0 Å². The lowest BCUT2D eigenvalue weighted by atomic mass is 10.2. The molecule has 1 atom stereocenters. The van der Waals surface area contributed by atoms with Crippen molar-refractivity contribution in [2.75, 3.05) is 11.9 Å². The van der Waals surface area contributed by atoms with Gasteiger partial charge in [0, 0.05) is 5.69 Å². The Morgan fingerprint density at radius 3 is 2.58 bits per heavy atom. The van der Waals surface area contributed by atoms with Crippen molar-refractivity contribution < 1.29 is 5.11 Å². The number of benzene rings is 1. The summed E-state index contributed by atoms with van der Waals surface area (Å²) in [6.45, 7) is 3.67. The van der Waals surface area contributed by atoms with Crippen LogP contribution in [-0.4, -0.2) is 17.8 Å². The third-order valence-electron chi connectivity index (χ3n) is 1.61. The largest absolute Gasteiger partial charge is 0.394 e. The Bertz CT molecular complexity index is 233. The Balaban J connectivity index is 2.56. The summed E-state index contributed by atoms with van der Waals surface area (Å²) in [6.07, 6.45) is 1.69. The Kier molecular flexibility index (Phi) is 3.35. The zero-order chi connectivity index (χ0) is 8.81. The molecule has 1 aromatic carbocycles. The summed E-state index contributed by atoms with van der Waals surface area (Å²) in [4.78, 5) is 0. The lowest BCUT2D eigenvalue weighted by molar-refractivity contribution is 0.291. The number of anilines is 1. The van der Waals surface area contributed by atoms with Gasteiger partial charge < -0.3 is 10.4 Å². The smallest absolute Gasteiger partial charge is 0.0673 e. The fraction of sp³-hybridized carbons (Fsp3) is 0.200. The number of aliphatic hydroxyl groups excluding tert-OH is 1. The van der Waals surface area contributed by atoms with Crippen LogP contribution in [0.15, 0.2) is 43.0 Å². The molecule has 0 unspecified atom stereocenters. The van der Waals surface area contributed by atoms with Gasteiger partial charge in [0.05, 0.1) is 12.6 Å². The summed E-state index contributed by atoms with van der Waals surface area (Å²) >= 11 is 0. The number of hydrogen-bond donors (Lipinski definition) is 2. The van der Waals surface area contributed by atoms with Crippen molar-refractivity contribution in [2.24, 2.45) is 0 Å². The van der Waals surface area contributed by atoms with E-state index >= 15 is 0 Å². The van der Waals surface area contributed by atoms with Crippen LogP contribution in [0.4, 0.5) is 5.69 Å². The van der Waals surface area contributed by atoms with E-state index in [0.717, 1.165) is 5.69 Å². The molecular weight excluding hydrogens is 150 g/mol. The van der Waals surface area contributed by atoms with Gasteiger partial charge in [-0.25, -0.2) is 0 Å². The number of hydrogen-bond acceptors (Lipinski definition) is 2. The molecular formula is C10H13NO. The maximum atomic E-state index is 8.85. The van der Waals surface area contributed by atoms with E-state index in [1.54, 1.807) is 6.08 Å². The quantitative estimate of drug-likeness (QED) is 0.661. The predicted octanol–water partition coefficient (Wildman–Crippen LogP) is 1.65. The van der Waals surface area contributed by atoms with Crippen molar-refractivity contribution in [3.63, 3.8) is 0 Å². The molecule has 0 aliphatic heterocycles. The van der Waals surface area contributed by atoms with E-state index in [0.29, 0.717) is 0 Å². The maximum Gasteiger partial charge on any atom is 0.0673 e. The van der Waals surface area contributed by atoms with Crippen LogP contribution < -0.4 is 5.32 Å². The van der Waals surface area contributed by atoms with Crippen LogP contribution in [0.1, 0.15) is 0 Å². The van der Waals surface area contributed by atoms with Gasteiger partial charge in [-0.3, -0.25) is 0 Å². The molecule has 12 heavy (non-hydrogen) atoms. The predicted molar refractivity (Wildman–Crippen MR) is 51.1 cm³/mol. The molecule has 0 spiro atoms. The number of rotatable bonds is 4. The summed E-state index contributed by atoms with van der Waals surface area (Å²) in [5, 5.41) is 12.0.